The zero-order valence-corrected chi connectivity index (χ0v) is 9.54. The van der Waals surface area contributed by atoms with E-state index in [0.29, 0.717) is 5.75 Å². The second-order valence-electron chi connectivity index (χ2n) is 3.00. The van der Waals surface area contributed by atoms with Gasteiger partial charge < -0.3 is 0 Å². The van der Waals surface area contributed by atoms with Crippen molar-refractivity contribution in [3.63, 3.8) is 0 Å². The topological polar surface area (TPSA) is 42.9 Å². The number of nitrogens with zero attached hydrogens (tertiary/aromatic N) is 2. The lowest BCUT2D eigenvalue weighted by Crippen LogP contribution is -2.09. The van der Waals surface area contributed by atoms with E-state index >= 15 is 0 Å². The highest BCUT2D eigenvalue weighted by Crippen LogP contribution is 2.22. The molecule has 0 aromatic carbocycles. The van der Waals surface area contributed by atoms with Crippen LogP contribution in [0.4, 0.5) is 0 Å². The van der Waals surface area contributed by atoms with Crippen molar-refractivity contribution in [2.24, 2.45) is 5.92 Å². The van der Waals surface area contributed by atoms with Gasteiger partial charge in [-0.25, -0.2) is 0 Å². The van der Waals surface area contributed by atoms with Crippen LogP contribution in [0.25, 0.3) is 0 Å². The molecule has 1 aromatic rings. The van der Waals surface area contributed by atoms with Gasteiger partial charge in [-0.15, -0.1) is 10.2 Å². The summed E-state index contributed by atoms with van der Waals surface area (Å²) in [6, 6.07) is 0. The third-order valence-corrected chi connectivity index (χ3v) is 3.48. The number of thioether (sulfide) groups is 1. The smallest absolute Gasteiger partial charge is 0.174 e. The van der Waals surface area contributed by atoms with Crippen molar-refractivity contribution in [3.05, 3.63) is 5.01 Å². The predicted molar refractivity (Wildman–Crippen MR) is 55.2 cm³/mol. The van der Waals surface area contributed by atoms with E-state index in [2.05, 4.69) is 10.2 Å². The normalized spacial score (nSPS) is 10.8. The number of Topliss-reactive ketones (excluding diaryl/α,β-unsaturated/α-hetero) is 1. The predicted octanol–water partition coefficient (Wildman–Crippen LogP) is 2.16. The summed E-state index contributed by atoms with van der Waals surface area (Å²) >= 11 is 3.00. The number of aromatic nitrogens is 2. The van der Waals surface area contributed by atoms with Gasteiger partial charge in [-0.2, -0.15) is 0 Å². The molecular formula is C8H12N2OS2. The molecule has 0 saturated carbocycles. The van der Waals surface area contributed by atoms with Gasteiger partial charge in [0.2, 0.25) is 0 Å². The standard InChI is InChI=1S/C8H12N2OS2/c1-5(2)7(11)4-12-8-10-9-6(3)13-8/h5H,4H2,1-3H3. The summed E-state index contributed by atoms with van der Waals surface area (Å²) in [7, 11) is 0. The third-order valence-electron chi connectivity index (χ3n) is 1.49. The summed E-state index contributed by atoms with van der Waals surface area (Å²) in [5.74, 6) is 0.881. The molecule has 0 amide bonds. The van der Waals surface area contributed by atoms with Gasteiger partial charge in [-0.1, -0.05) is 36.9 Å². The maximum absolute atomic E-state index is 11.3. The van der Waals surface area contributed by atoms with Crippen LogP contribution >= 0.6 is 23.1 Å². The van der Waals surface area contributed by atoms with Gasteiger partial charge in [0.05, 0.1) is 5.75 Å². The second-order valence-corrected chi connectivity index (χ2v) is 5.40. The fraction of sp³-hybridized carbons (Fsp3) is 0.625. The van der Waals surface area contributed by atoms with Crippen LogP contribution in [0.15, 0.2) is 4.34 Å². The number of carbonyl (C=O) groups excluding carboxylic acids is 1. The van der Waals surface area contributed by atoms with E-state index in [9.17, 15) is 4.79 Å². The summed E-state index contributed by atoms with van der Waals surface area (Å²) in [6.45, 7) is 5.73. The Kier molecular flexibility index (Phi) is 3.87. The summed E-state index contributed by atoms with van der Waals surface area (Å²) in [5, 5.41) is 8.75. The van der Waals surface area contributed by atoms with Gasteiger partial charge in [0.25, 0.3) is 0 Å². The van der Waals surface area contributed by atoms with Crippen LogP contribution in [0.5, 0.6) is 0 Å². The molecule has 0 N–H and O–H groups in total. The minimum Gasteiger partial charge on any atom is -0.298 e. The minimum atomic E-state index is 0.113. The molecule has 0 saturated heterocycles. The molecule has 1 aromatic heterocycles. The van der Waals surface area contributed by atoms with Gasteiger partial charge in [0.15, 0.2) is 4.34 Å². The summed E-state index contributed by atoms with van der Waals surface area (Å²) in [4.78, 5) is 11.3. The van der Waals surface area contributed by atoms with Crippen molar-refractivity contribution in [2.45, 2.75) is 25.1 Å². The first-order chi connectivity index (χ1) is 6.09. The number of hydrogen-bond acceptors (Lipinski definition) is 5. The van der Waals surface area contributed by atoms with Crippen LogP contribution in [0, 0.1) is 12.8 Å². The fourth-order valence-electron chi connectivity index (χ4n) is 0.636. The van der Waals surface area contributed by atoms with Gasteiger partial charge in [-0.3, -0.25) is 4.79 Å². The highest BCUT2D eigenvalue weighted by atomic mass is 32.2. The quantitative estimate of drug-likeness (QED) is 0.723. The molecule has 0 aliphatic carbocycles. The maximum atomic E-state index is 11.3. The lowest BCUT2D eigenvalue weighted by Gasteiger charge is -2.00. The lowest BCUT2D eigenvalue weighted by atomic mass is 10.1. The minimum absolute atomic E-state index is 0.113. The molecule has 0 aliphatic rings. The number of rotatable bonds is 4. The van der Waals surface area contributed by atoms with Gasteiger partial charge in [0, 0.05) is 5.92 Å². The van der Waals surface area contributed by atoms with Crippen molar-refractivity contribution in [1.82, 2.24) is 10.2 Å². The third kappa shape index (κ3) is 3.44. The first-order valence-electron chi connectivity index (χ1n) is 4.05. The Labute approximate surface area is 86.0 Å². The Morgan fingerprint density at radius 2 is 2.23 bits per heavy atom. The Morgan fingerprint density at radius 1 is 1.54 bits per heavy atom. The molecule has 0 unspecified atom stereocenters. The summed E-state index contributed by atoms with van der Waals surface area (Å²) in [5.41, 5.74) is 0. The molecule has 0 spiro atoms. The molecule has 13 heavy (non-hydrogen) atoms. The molecule has 0 aliphatic heterocycles. The average Bonchev–Trinajstić information content (AvgIpc) is 2.47. The highest BCUT2D eigenvalue weighted by molar-refractivity contribution is 8.01. The number of hydrogen-bond donors (Lipinski definition) is 0. The Balaban J connectivity index is 2.39. The number of carbonyl (C=O) groups is 1. The van der Waals surface area contributed by atoms with Crippen LogP contribution in [0.3, 0.4) is 0 Å². The number of aryl methyl sites for hydroxylation is 1. The van der Waals surface area contributed by atoms with E-state index in [-0.39, 0.29) is 11.7 Å². The molecule has 3 nitrogen and oxygen atoms in total. The summed E-state index contributed by atoms with van der Waals surface area (Å²) < 4.78 is 0.881. The molecule has 5 heteroatoms. The van der Waals surface area contributed by atoms with E-state index in [1.54, 1.807) is 0 Å². The zero-order valence-electron chi connectivity index (χ0n) is 7.90. The second kappa shape index (κ2) is 4.72. The van der Waals surface area contributed by atoms with Crippen LogP contribution in [0.1, 0.15) is 18.9 Å². The van der Waals surface area contributed by atoms with Crippen molar-refractivity contribution in [1.29, 1.82) is 0 Å². The Hall–Kier alpha value is -0.420. The zero-order chi connectivity index (χ0) is 9.84. The molecule has 0 atom stereocenters. The van der Waals surface area contributed by atoms with E-state index in [1.165, 1.54) is 23.1 Å². The van der Waals surface area contributed by atoms with Crippen LogP contribution in [0.2, 0.25) is 0 Å². The maximum Gasteiger partial charge on any atom is 0.174 e. The Morgan fingerprint density at radius 3 is 2.69 bits per heavy atom. The first-order valence-corrected chi connectivity index (χ1v) is 5.85. The first kappa shape index (κ1) is 10.7. The molecule has 1 heterocycles. The molecule has 1 rings (SSSR count). The van der Waals surface area contributed by atoms with Crippen LogP contribution in [-0.4, -0.2) is 21.7 Å². The monoisotopic (exact) mass is 216 g/mol. The van der Waals surface area contributed by atoms with Crippen LogP contribution < -0.4 is 0 Å². The average molecular weight is 216 g/mol. The SMILES string of the molecule is Cc1nnc(SCC(=O)C(C)C)s1. The fourth-order valence-corrected chi connectivity index (χ4v) is 2.52. The van der Waals surface area contributed by atoms with E-state index in [0.717, 1.165) is 9.35 Å². The number of ketones is 1. The molecular weight excluding hydrogens is 204 g/mol. The molecule has 0 bridgehead atoms. The van der Waals surface area contributed by atoms with Gasteiger partial charge >= 0.3 is 0 Å². The largest absolute Gasteiger partial charge is 0.298 e. The van der Waals surface area contributed by atoms with Crippen molar-refractivity contribution in [2.75, 3.05) is 5.75 Å². The molecule has 0 radical (unpaired) electrons. The molecule has 0 fully saturated rings. The van der Waals surface area contributed by atoms with Crippen molar-refractivity contribution >= 4 is 28.9 Å². The highest BCUT2D eigenvalue weighted by Gasteiger charge is 2.09. The van der Waals surface area contributed by atoms with Crippen LogP contribution in [-0.2, 0) is 4.79 Å². The Bertz CT molecular complexity index is 296. The summed E-state index contributed by atoms with van der Waals surface area (Å²) in [6.07, 6.45) is 0. The molecule has 72 valence electrons. The van der Waals surface area contributed by atoms with Crippen molar-refractivity contribution < 1.29 is 4.79 Å². The van der Waals surface area contributed by atoms with Crippen molar-refractivity contribution in [3.8, 4) is 0 Å². The van der Waals surface area contributed by atoms with E-state index in [4.69, 9.17) is 0 Å². The lowest BCUT2D eigenvalue weighted by molar-refractivity contribution is -0.119. The van der Waals surface area contributed by atoms with Gasteiger partial charge in [0.1, 0.15) is 10.8 Å². The van der Waals surface area contributed by atoms with Gasteiger partial charge in [-0.05, 0) is 6.92 Å². The van der Waals surface area contributed by atoms with E-state index < -0.39 is 0 Å². The van der Waals surface area contributed by atoms with E-state index in [1.807, 2.05) is 20.8 Å².